The van der Waals surface area contributed by atoms with Gasteiger partial charge in [0.15, 0.2) is 0 Å². The maximum absolute atomic E-state index is 6.72. The van der Waals surface area contributed by atoms with Crippen LogP contribution in [0.15, 0.2) is 18.2 Å². The predicted molar refractivity (Wildman–Crippen MR) is 87.7 cm³/mol. The number of aryl methyl sites for hydroxylation is 1. The van der Waals surface area contributed by atoms with Crippen LogP contribution >= 0.6 is 0 Å². The van der Waals surface area contributed by atoms with E-state index in [0.717, 1.165) is 43.5 Å². The van der Waals surface area contributed by atoms with Crippen LogP contribution in [-0.4, -0.2) is 12.1 Å². The molecular weight excluding hydrogens is 258 g/mol. The average molecular weight is 287 g/mol. The first-order valence-electron chi connectivity index (χ1n) is 8.59. The number of fused-ring (bicyclic) bond motifs is 1. The molecule has 2 atom stereocenters. The van der Waals surface area contributed by atoms with Crippen LogP contribution in [-0.2, 0) is 12.8 Å². The van der Waals surface area contributed by atoms with Crippen molar-refractivity contribution < 1.29 is 4.74 Å². The van der Waals surface area contributed by atoms with Crippen LogP contribution in [0.3, 0.4) is 0 Å². The van der Waals surface area contributed by atoms with Crippen LogP contribution in [0, 0.1) is 11.8 Å². The molecule has 0 bridgehead atoms. The van der Waals surface area contributed by atoms with E-state index < -0.39 is 0 Å². The Morgan fingerprint density at radius 2 is 2.24 bits per heavy atom. The Kier molecular flexibility index (Phi) is 4.26. The van der Waals surface area contributed by atoms with Gasteiger partial charge in [-0.2, -0.15) is 0 Å². The van der Waals surface area contributed by atoms with Gasteiger partial charge < -0.3 is 10.5 Å². The number of hydrogen-bond acceptors (Lipinski definition) is 2. The fourth-order valence-corrected chi connectivity index (χ4v) is 4.03. The fourth-order valence-electron chi connectivity index (χ4n) is 4.03. The lowest BCUT2D eigenvalue weighted by Gasteiger charge is -2.40. The Hall–Kier alpha value is -1.02. The van der Waals surface area contributed by atoms with Gasteiger partial charge in [0.25, 0.3) is 0 Å². The first kappa shape index (κ1) is 14.9. The number of benzene rings is 1. The van der Waals surface area contributed by atoms with Gasteiger partial charge in [0.05, 0.1) is 6.61 Å². The molecule has 1 aromatic rings. The van der Waals surface area contributed by atoms with Crippen LogP contribution < -0.4 is 10.5 Å². The number of ether oxygens (including phenoxy) is 1. The van der Waals surface area contributed by atoms with E-state index in [9.17, 15) is 0 Å². The zero-order valence-electron chi connectivity index (χ0n) is 13.5. The molecule has 2 nitrogen and oxygen atoms in total. The Bertz CT molecular complexity index is 496. The topological polar surface area (TPSA) is 35.2 Å². The molecule has 21 heavy (non-hydrogen) atoms. The molecule has 116 valence electrons. The monoisotopic (exact) mass is 287 g/mol. The first-order valence-corrected chi connectivity index (χ1v) is 8.59. The summed E-state index contributed by atoms with van der Waals surface area (Å²) in [6, 6.07) is 6.68. The highest BCUT2D eigenvalue weighted by atomic mass is 16.5. The third-order valence-corrected chi connectivity index (χ3v) is 5.53. The zero-order chi connectivity index (χ0) is 14.9. The highest BCUT2D eigenvalue weighted by molar-refractivity contribution is 5.39. The van der Waals surface area contributed by atoms with Crippen LogP contribution in [0.2, 0.25) is 0 Å². The predicted octanol–water partition coefficient (Wildman–Crippen LogP) is 4.10. The van der Waals surface area contributed by atoms with Crippen molar-refractivity contribution in [3.05, 3.63) is 29.3 Å². The SMILES string of the molecule is CC(C)C1CCCC(N)(CCc2ccc3c(c2)CCO3)C1. The van der Waals surface area contributed by atoms with E-state index >= 15 is 0 Å². The molecule has 0 amide bonds. The van der Waals surface area contributed by atoms with Crippen molar-refractivity contribution in [2.45, 2.75) is 64.3 Å². The van der Waals surface area contributed by atoms with Gasteiger partial charge in [-0.15, -0.1) is 0 Å². The lowest BCUT2D eigenvalue weighted by molar-refractivity contribution is 0.175. The molecule has 1 aromatic carbocycles. The number of rotatable bonds is 4. The quantitative estimate of drug-likeness (QED) is 0.905. The Balaban J connectivity index is 1.61. The summed E-state index contributed by atoms with van der Waals surface area (Å²) in [6.07, 6.45) is 8.37. The first-order chi connectivity index (χ1) is 10.1. The number of hydrogen-bond donors (Lipinski definition) is 1. The van der Waals surface area contributed by atoms with Crippen LogP contribution in [0.25, 0.3) is 0 Å². The minimum atomic E-state index is 0.0582. The molecule has 0 saturated heterocycles. The third kappa shape index (κ3) is 3.42. The van der Waals surface area contributed by atoms with Crippen molar-refractivity contribution in [1.82, 2.24) is 0 Å². The van der Waals surface area contributed by atoms with E-state index in [2.05, 4.69) is 32.0 Å². The van der Waals surface area contributed by atoms with Gasteiger partial charge >= 0.3 is 0 Å². The van der Waals surface area contributed by atoms with Gasteiger partial charge in [0.2, 0.25) is 0 Å². The zero-order valence-corrected chi connectivity index (χ0v) is 13.5. The summed E-state index contributed by atoms with van der Waals surface area (Å²) in [6.45, 7) is 5.53. The molecule has 1 aliphatic carbocycles. The average Bonchev–Trinajstić information content (AvgIpc) is 2.93. The summed E-state index contributed by atoms with van der Waals surface area (Å²) in [5, 5.41) is 0. The van der Waals surface area contributed by atoms with Crippen LogP contribution in [0.1, 0.15) is 57.1 Å². The van der Waals surface area contributed by atoms with Gasteiger partial charge in [0.1, 0.15) is 5.75 Å². The molecule has 2 N–H and O–H groups in total. The van der Waals surface area contributed by atoms with E-state index in [4.69, 9.17) is 10.5 Å². The van der Waals surface area contributed by atoms with Crippen molar-refractivity contribution in [3.8, 4) is 5.75 Å². The maximum atomic E-state index is 6.72. The lowest BCUT2D eigenvalue weighted by Crippen LogP contribution is -2.45. The highest BCUT2D eigenvalue weighted by Gasteiger charge is 2.33. The van der Waals surface area contributed by atoms with Gasteiger partial charge in [-0.1, -0.05) is 38.8 Å². The smallest absolute Gasteiger partial charge is 0.122 e. The second-order valence-corrected chi connectivity index (χ2v) is 7.50. The standard InChI is InChI=1S/C19H29NO/c1-14(2)17-4-3-9-19(20,13-17)10-7-15-5-6-18-16(12-15)8-11-21-18/h5-6,12,14,17H,3-4,7-11,13,20H2,1-2H3. The lowest BCUT2D eigenvalue weighted by atomic mass is 9.70. The Labute approximate surface area is 129 Å². The van der Waals surface area contributed by atoms with Crippen molar-refractivity contribution >= 4 is 0 Å². The summed E-state index contributed by atoms with van der Waals surface area (Å²) in [4.78, 5) is 0. The summed E-state index contributed by atoms with van der Waals surface area (Å²) < 4.78 is 5.58. The van der Waals surface area contributed by atoms with Crippen molar-refractivity contribution in [3.63, 3.8) is 0 Å². The van der Waals surface area contributed by atoms with E-state index in [0.29, 0.717) is 0 Å². The molecule has 0 radical (unpaired) electrons. The fraction of sp³-hybridized carbons (Fsp3) is 0.684. The Morgan fingerprint density at radius 3 is 3.05 bits per heavy atom. The van der Waals surface area contributed by atoms with Gasteiger partial charge in [0, 0.05) is 12.0 Å². The normalized spacial score (nSPS) is 28.5. The minimum absolute atomic E-state index is 0.0582. The van der Waals surface area contributed by atoms with Crippen LogP contribution in [0.5, 0.6) is 5.75 Å². The summed E-state index contributed by atoms with van der Waals surface area (Å²) in [7, 11) is 0. The molecule has 2 aliphatic rings. The van der Waals surface area contributed by atoms with Crippen LogP contribution in [0.4, 0.5) is 0 Å². The van der Waals surface area contributed by atoms with Gasteiger partial charge in [-0.25, -0.2) is 0 Å². The summed E-state index contributed by atoms with van der Waals surface area (Å²) in [5.41, 5.74) is 9.59. The second kappa shape index (κ2) is 6.00. The molecule has 2 heteroatoms. The van der Waals surface area contributed by atoms with Gasteiger partial charge in [-0.05, 0) is 54.7 Å². The van der Waals surface area contributed by atoms with Crippen molar-refractivity contribution in [2.24, 2.45) is 17.6 Å². The Morgan fingerprint density at radius 1 is 1.38 bits per heavy atom. The molecule has 1 heterocycles. The van der Waals surface area contributed by atoms with Crippen molar-refractivity contribution in [1.29, 1.82) is 0 Å². The summed E-state index contributed by atoms with van der Waals surface area (Å²) >= 11 is 0. The van der Waals surface area contributed by atoms with E-state index in [1.54, 1.807) is 0 Å². The molecule has 1 saturated carbocycles. The molecule has 3 rings (SSSR count). The molecular formula is C19H29NO. The molecule has 2 unspecified atom stereocenters. The molecule has 0 spiro atoms. The van der Waals surface area contributed by atoms with Gasteiger partial charge in [-0.3, -0.25) is 0 Å². The second-order valence-electron chi connectivity index (χ2n) is 7.50. The molecule has 1 fully saturated rings. The van der Waals surface area contributed by atoms with E-state index in [-0.39, 0.29) is 5.54 Å². The molecule has 0 aromatic heterocycles. The highest BCUT2D eigenvalue weighted by Crippen LogP contribution is 2.37. The van der Waals surface area contributed by atoms with E-state index in [1.807, 2.05) is 0 Å². The maximum Gasteiger partial charge on any atom is 0.122 e. The largest absolute Gasteiger partial charge is 0.493 e. The van der Waals surface area contributed by atoms with E-state index in [1.165, 1.54) is 36.8 Å². The third-order valence-electron chi connectivity index (χ3n) is 5.53. The van der Waals surface area contributed by atoms with Crippen molar-refractivity contribution in [2.75, 3.05) is 6.61 Å². The molecule has 1 aliphatic heterocycles. The minimum Gasteiger partial charge on any atom is -0.493 e. The number of nitrogens with two attached hydrogens (primary N) is 1. The summed E-state index contributed by atoms with van der Waals surface area (Å²) in [5.74, 6) is 2.67.